The molecule has 1 heterocycles. The van der Waals surface area contributed by atoms with E-state index in [4.69, 9.17) is 9.84 Å². The zero-order valence-electron chi connectivity index (χ0n) is 9.35. The predicted octanol–water partition coefficient (Wildman–Crippen LogP) is 1.78. The van der Waals surface area contributed by atoms with Gasteiger partial charge in [0.2, 0.25) is 0 Å². The van der Waals surface area contributed by atoms with Crippen molar-refractivity contribution in [2.24, 2.45) is 5.92 Å². The number of rotatable bonds is 5. The Bertz CT molecular complexity index is 362. The van der Waals surface area contributed by atoms with Crippen molar-refractivity contribution < 1.29 is 9.84 Å². The molecule has 0 saturated carbocycles. The second kappa shape index (κ2) is 5.48. The van der Waals surface area contributed by atoms with Crippen molar-refractivity contribution in [3.8, 4) is 5.06 Å². The van der Waals surface area contributed by atoms with E-state index in [1.807, 2.05) is 6.07 Å². The lowest BCUT2D eigenvalue weighted by molar-refractivity contribution is 0.246. The molecule has 0 spiro atoms. The van der Waals surface area contributed by atoms with E-state index in [-0.39, 0.29) is 6.61 Å². The quantitative estimate of drug-likeness (QED) is 0.770. The van der Waals surface area contributed by atoms with Crippen LogP contribution in [0.1, 0.15) is 11.3 Å². The fourth-order valence-corrected chi connectivity index (χ4v) is 2.63. The molecule has 0 bridgehead atoms. The molecular weight excluding hydrogens is 222 g/mol. The molecule has 88 valence electrons. The van der Waals surface area contributed by atoms with Gasteiger partial charge in [0.05, 0.1) is 7.11 Å². The van der Waals surface area contributed by atoms with Crippen LogP contribution in [0, 0.1) is 5.92 Å². The third kappa shape index (κ3) is 2.84. The molecule has 0 aliphatic heterocycles. The first-order valence-electron chi connectivity index (χ1n) is 5.47. The molecule has 4 heteroatoms. The SMILES string of the molecule is COc1ccc(CN[C@@H]2C=C[C@H](CO)C2)s1. The summed E-state index contributed by atoms with van der Waals surface area (Å²) in [6.45, 7) is 1.11. The molecule has 0 saturated heterocycles. The van der Waals surface area contributed by atoms with Gasteiger partial charge in [-0.15, -0.1) is 11.3 Å². The zero-order valence-corrected chi connectivity index (χ0v) is 10.2. The molecule has 0 amide bonds. The fraction of sp³-hybridized carbons (Fsp3) is 0.500. The monoisotopic (exact) mass is 239 g/mol. The highest BCUT2D eigenvalue weighted by molar-refractivity contribution is 7.13. The van der Waals surface area contributed by atoms with Gasteiger partial charge in [-0.1, -0.05) is 12.2 Å². The van der Waals surface area contributed by atoms with Crippen LogP contribution in [0.25, 0.3) is 0 Å². The fourth-order valence-electron chi connectivity index (χ4n) is 1.86. The Kier molecular flexibility index (Phi) is 3.98. The van der Waals surface area contributed by atoms with Gasteiger partial charge in [-0.05, 0) is 18.6 Å². The third-order valence-electron chi connectivity index (χ3n) is 2.78. The Balaban J connectivity index is 1.78. The van der Waals surface area contributed by atoms with Gasteiger partial charge in [-0.25, -0.2) is 0 Å². The van der Waals surface area contributed by atoms with E-state index >= 15 is 0 Å². The number of hydrogen-bond acceptors (Lipinski definition) is 4. The van der Waals surface area contributed by atoms with Crippen LogP contribution in [-0.4, -0.2) is 24.9 Å². The minimum absolute atomic E-state index is 0.251. The second-order valence-electron chi connectivity index (χ2n) is 3.98. The van der Waals surface area contributed by atoms with Crippen LogP contribution in [0.5, 0.6) is 5.06 Å². The van der Waals surface area contributed by atoms with Gasteiger partial charge in [0, 0.05) is 30.0 Å². The second-order valence-corrected chi connectivity index (χ2v) is 5.11. The van der Waals surface area contributed by atoms with Gasteiger partial charge in [-0.2, -0.15) is 0 Å². The lowest BCUT2D eigenvalue weighted by atomic mass is 10.1. The summed E-state index contributed by atoms with van der Waals surface area (Å²) in [5.41, 5.74) is 0. The predicted molar refractivity (Wildman–Crippen MR) is 65.8 cm³/mol. The average Bonchev–Trinajstić information content (AvgIpc) is 2.95. The molecule has 1 aliphatic carbocycles. The van der Waals surface area contributed by atoms with E-state index in [0.29, 0.717) is 12.0 Å². The number of methoxy groups -OCH3 is 1. The van der Waals surface area contributed by atoms with E-state index in [2.05, 4.69) is 23.5 Å². The Labute approximate surface area is 99.8 Å². The number of aliphatic hydroxyl groups is 1. The molecule has 1 aliphatic rings. The molecule has 0 radical (unpaired) electrons. The topological polar surface area (TPSA) is 41.5 Å². The Morgan fingerprint density at radius 1 is 1.50 bits per heavy atom. The molecule has 2 N–H and O–H groups in total. The Morgan fingerprint density at radius 2 is 2.38 bits per heavy atom. The minimum atomic E-state index is 0.251. The maximum absolute atomic E-state index is 9.01. The summed E-state index contributed by atoms with van der Waals surface area (Å²) in [5, 5.41) is 13.4. The summed E-state index contributed by atoms with van der Waals surface area (Å²) in [6.07, 6.45) is 5.23. The molecule has 0 fully saturated rings. The third-order valence-corrected chi connectivity index (χ3v) is 3.83. The highest BCUT2D eigenvalue weighted by atomic mass is 32.1. The van der Waals surface area contributed by atoms with Crippen LogP contribution in [0.4, 0.5) is 0 Å². The first-order chi connectivity index (χ1) is 7.81. The Hall–Kier alpha value is -0.840. The average molecular weight is 239 g/mol. The van der Waals surface area contributed by atoms with Gasteiger partial charge in [-0.3, -0.25) is 0 Å². The molecule has 3 nitrogen and oxygen atoms in total. The molecule has 0 unspecified atom stereocenters. The first kappa shape index (κ1) is 11.6. The van der Waals surface area contributed by atoms with Crippen LogP contribution >= 0.6 is 11.3 Å². The van der Waals surface area contributed by atoms with Gasteiger partial charge in [0.15, 0.2) is 5.06 Å². The molecule has 2 rings (SSSR count). The van der Waals surface area contributed by atoms with Crippen molar-refractivity contribution in [3.63, 3.8) is 0 Å². The highest BCUT2D eigenvalue weighted by Crippen LogP contribution is 2.24. The molecule has 2 atom stereocenters. The van der Waals surface area contributed by atoms with Crippen molar-refractivity contribution in [3.05, 3.63) is 29.2 Å². The minimum Gasteiger partial charge on any atom is -0.487 e. The summed E-state index contributed by atoms with van der Waals surface area (Å²) in [5.74, 6) is 0.329. The summed E-state index contributed by atoms with van der Waals surface area (Å²) >= 11 is 1.66. The largest absolute Gasteiger partial charge is 0.487 e. The number of aliphatic hydroxyl groups excluding tert-OH is 1. The lowest BCUT2D eigenvalue weighted by Crippen LogP contribution is -2.25. The summed E-state index contributed by atoms with van der Waals surface area (Å²) in [4.78, 5) is 1.28. The molecular formula is C12H17NO2S. The van der Waals surface area contributed by atoms with E-state index in [9.17, 15) is 0 Å². The van der Waals surface area contributed by atoms with Crippen molar-refractivity contribution in [1.82, 2.24) is 5.32 Å². The maximum atomic E-state index is 9.01. The van der Waals surface area contributed by atoms with Crippen molar-refractivity contribution in [2.45, 2.75) is 19.0 Å². The van der Waals surface area contributed by atoms with Crippen LogP contribution in [0.3, 0.4) is 0 Å². The van der Waals surface area contributed by atoms with Gasteiger partial charge < -0.3 is 15.2 Å². The molecule has 0 aromatic carbocycles. The van der Waals surface area contributed by atoms with Crippen LogP contribution in [0.2, 0.25) is 0 Å². The van der Waals surface area contributed by atoms with Gasteiger partial charge in [0.25, 0.3) is 0 Å². The number of hydrogen-bond donors (Lipinski definition) is 2. The highest BCUT2D eigenvalue weighted by Gasteiger charge is 2.17. The summed E-state index contributed by atoms with van der Waals surface area (Å²) < 4.78 is 5.14. The van der Waals surface area contributed by atoms with Crippen LogP contribution in [0.15, 0.2) is 24.3 Å². The van der Waals surface area contributed by atoms with E-state index in [1.165, 1.54) is 4.88 Å². The smallest absolute Gasteiger partial charge is 0.173 e. The first-order valence-corrected chi connectivity index (χ1v) is 6.28. The standard InChI is InChI=1S/C12H17NO2S/c1-15-12-5-4-11(16-12)7-13-10-3-2-9(6-10)8-14/h2-5,9-10,13-14H,6-8H2,1H3/t9-,10+/m0/s1. The van der Waals surface area contributed by atoms with Gasteiger partial charge >= 0.3 is 0 Å². The number of nitrogens with one attached hydrogen (secondary N) is 1. The lowest BCUT2D eigenvalue weighted by Gasteiger charge is -2.11. The number of ether oxygens (including phenoxy) is 1. The molecule has 1 aromatic rings. The van der Waals surface area contributed by atoms with Crippen LogP contribution in [-0.2, 0) is 6.54 Å². The zero-order chi connectivity index (χ0) is 11.4. The Morgan fingerprint density at radius 3 is 3.00 bits per heavy atom. The van der Waals surface area contributed by atoms with E-state index < -0.39 is 0 Å². The molecule has 1 aromatic heterocycles. The number of thiophene rings is 1. The van der Waals surface area contributed by atoms with E-state index in [1.54, 1.807) is 18.4 Å². The van der Waals surface area contributed by atoms with Crippen LogP contribution < -0.4 is 10.1 Å². The van der Waals surface area contributed by atoms with Crippen molar-refractivity contribution in [2.75, 3.05) is 13.7 Å². The summed E-state index contributed by atoms with van der Waals surface area (Å²) in [6, 6.07) is 4.46. The van der Waals surface area contributed by atoms with Crippen molar-refractivity contribution in [1.29, 1.82) is 0 Å². The normalized spacial score (nSPS) is 23.9. The van der Waals surface area contributed by atoms with E-state index in [0.717, 1.165) is 18.0 Å². The summed E-state index contributed by atoms with van der Waals surface area (Å²) in [7, 11) is 1.69. The molecule has 16 heavy (non-hydrogen) atoms. The maximum Gasteiger partial charge on any atom is 0.173 e. The van der Waals surface area contributed by atoms with Crippen molar-refractivity contribution >= 4 is 11.3 Å². The van der Waals surface area contributed by atoms with Gasteiger partial charge in [0.1, 0.15) is 0 Å².